The summed E-state index contributed by atoms with van der Waals surface area (Å²) in [5, 5.41) is 0. The molecule has 1 aromatic carbocycles. The molecule has 1 aromatic rings. The van der Waals surface area contributed by atoms with Gasteiger partial charge in [0.25, 0.3) is 0 Å². The second kappa shape index (κ2) is 4.23. The van der Waals surface area contributed by atoms with Crippen molar-refractivity contribution in [2.75, 3.05) is 11.4 Å². The lowest BCUT2D eigenvalue weighted by Crippen LogP contribution is -2.43. The summed E-state index contributed by atoms with van der Waals surface area (Å²) in [5.74, 6) is 0. The van der Waals surface area contributed by atoms with Gasteiger partial charge in [0.15, 0.2) is 0 Å². The zero-order valence-electron chi connectivity index (χ0n) is 9.61. The fourth-order valence-electron chi connectivity index (χ4n) is 2.35. The van der Waals surface area contributed by atoms with E-state index in [4.69, 9.17) is 5.73 Å². The van der Waals surface area contributed by atoms with Crippen LogP contribution in [0.25, 0.3) is 0 Å². The average Bonchev–Trinajstić information content (AvgIpc) is 2.22. The molecule has 2 N–H and O–H groups in total. The first-order chi connectivity index (χ1) is 7.18. The molecule has 1 aliphatic heterocycles. The number of nitrogens with zero attached hydrogens (tertiary/aromatic N) is 1. The second-order valence-electron chi connectivity index (χ2n) is 4.65. The number of anilines is 1. The molecule has 0 aromatic heterocycles. The first-order valence-corrected chi connectivity index (χ1v) is 5.78. The zero-order valence-corrected chi connectivity index (χ0v) is 9.61. The molecule has 1 unspecified atom stereocenters. The van der Waals surface area contributed by atoms with Crippen LogP contribution in [0.5, 0.6) is 0 Å². The van der Waals surface area contributed by atoms with E-state index in [9.17, 15) is 0 Å². The van der Waals surface area contributed by atoms with Gasteiger partial charge in [-0.05, 0) is 38.3 Å². The van der Waals surface area contributed by atoms with Crippen molar-refractivity contribution in [3.05, 3.63) is 29.8 Å². The lowest BCUT2D eigenvalue weighted by Gasteiger charge is -2.38. The fourth-order valence-corrected chi connectivity index (χ4v) is 2.35. The maximum Gasteiger partial charge on any atom is 0.0401 e. The molecule has 2 nitrogen and oxygen atoms in total. The Morgan fingerprint density at radius 1 is 1.47 bits per heavy atom. The monoisotopic (exact) mass is 204 g/mol. The molecule has 0 amide bonds. The molecule has 0 spiro atoms. The van der Waals surface area contributed by atoms with Gasteiger partial charge in [-0.25, -0.2) is 0 Å². The predicted octanol–water partition coefficient (Wildman–Crippen LogP) is 2.17. The van der Waals surface area contributed by atoms with Crippen LogP contribution < -0.4 is 10.6 Å². The third-order valence-corrected chi connectivity index (χ3v) is 3.15. The number of benzene rings is 1. The van der Waals surface area contributed by atoms with E-state index < -0.39 is 0 Å². The van der Waals surface area contributed by atoms with E-state index in [-0.39, 0.29) is 6.04 Å². The molecule has 0 radical (unpaired) electrons. The third-order valence-electron chi connectivity index (χ3n) is 3.15. The largest absolute Gasteiger partial charge is 0.367 e. The number of fused-ring (bicyclic) bond motifs is 1. The van der Waals surface area contributed by atoms with Crippen molar-refractivity contribution in [1.29, 1.82) is 0 Å². The summed E-state index contributed by atoms with van der Waals surface area (Å²) in [4.78, 5) is 2.45. The summed E-state index contributed by atoms with van der Waals surface area (Å²) in [6.45, 7) is 5.32. The summed E-state index contributed by atoms with van der Waals surface area (Å²) >= 11 is 0. The highest BCUT2D eigenvalue weighted by Gasteiger charge is 2.22. The third kappa shape index (κ3) is 2.15. The van der Waals surface area contributed by atoms with Crippen LogP contribution in [0.2, 0.25) is 0 Å². The Hall–Kier alpha value is -1.02. The molecule has 2 atom stereocenters. The van der Waals surface area contributed by atoms with Gasteiger partial charge in [0.05, 0.1) is 0 Å². The molecule has 1 aliphatic rings. The number of hydrogen-bond donors (Lipinski definition) is 1. The standard InChI is InChI=1S/C13H20N2/c1-10(14)9-15-11(2)7-8-12-5-3-4-6-13(12)15/h3-6,10-11H,7-9,14H2,1-2H3/t10-,11?/m1/s1. The Morgan fingerprint density at radius 2 is 2.20 bits per heavy atom. The number of hydrogen-bond acceptors (Lipinski definition) is 2. The quantitative estimate of drug-likeness (QED) is 0.800. The minimum Gasteiger partial charge on any atom is -0.367 e. The molecule has 0 aliphatic carbocycles. The van der Waals surface area contributed by atoms with Gasteiger partial charge in [-0.15, -0.1) is 0 Å². The highest BCUT2D eigenvalue weighted by molar-refractivity contribution is 5.56. The Labute approximate surface area is 92.1 Å². The van der Waals surface area contributed by atoms with Crippen LogP contribution in [0, 0.1) is 0 Å². The van der Waals surface area contributed by atoms with E-state index in [2.05, 4.69) is 43.0 Å². The minimum atomic E-state index is 0.235. The second-order valence-corrected chi connectivity index (χ2v) is 4.65. The number of nitrogens with two attached hydrogens (primary N) is 1. The molecule has 1 heterocycles. The summed E-state index contributed by atoms with van der Waals surface area (Å²) in [5.41, 5.74) is 8.75. The molecular weight excluding hydrogens is 184 g/mol. The lowest BCUT2D eigenvalue weighted by atomic mass is 9.96. The Balaban J connectivity index is 2.28. The van der Waals surface area contributed by atoms with Crippen molar-refractivity contribution >= 4 is 5.69 Å². The molecule has 82 valence electrons. The smallest absolute Gasteiger partial charge is 0.0401 e. The molecule has 0 saturated carbocycles. The van der Waals surface area contributed by atoms with Crippen molar-refractivity contribution in [3.8, 4) is 0 Å². The van der Waals surface area contributed by atoms with E-state index >= 15 is 0 Å². The van der Waals surface area contributed by atoms with Crippen LogP contribution in [0.4, 0.5) is 5.69 Å². The maximum atomic E-state index is 5.90. The Bertz CT molecular complexity index is 333. The molecular formula is C13H20N2. The number of aryl methyl sites for hydroxylation is 1. The van der Waals surface area contributed by atoms with E-state index in [0.717, 1.165) is 6.54 Å². The maximum absolute atomic E-state index is 5.90. The first-order valence-electron chi connectivity index (χ1n) is 5.78. The lowest BCUT2D eigenvalue weighted by molar-refractivity contribution is 0.537. The van der Waals surface area contributed by atoms with Gasteiger partial charge in [-0.1, -0.05) is 18.2 Å². The van der Waals surface area contributed by atoms with Crippen LogP contribution in [-0.4, -0.2) is 18.6 Å². The summed E-state index contributed by atoms with van der Waals surface area (Å²) < 4.78 is 0. The molecule has 15 heavy (non-hydrogen) atoms. The minimum absolute atomic E-state index is 0.235. The summed E-state index contributed by atoms with van der Waals surface area (Å²) in [6, 6.07) is 9.54. The average molecular weight is 204 g/mol. The van der Waals surface area contributed by atoms with E-state index in [1.54, 1.807) is 0 Å². The van der Waals surface area contributed by atoms with Crippen LogP contribution >= 0.6 is 0 Å². The van der Waals surface area contributed by atoms with Crippen molar-refractivity contribution in [2.45, 2.75) is 38.8 Å². The Morgan fingerprint density at radius 3 is 2.93 bits per heavy atom. The fraction of sp³-hybridized carbons (Fsp3) is 0.538. The van der Waals surface area contributed by atoms with Crippen LogP contribution in [0.3, 0.4) is 0 Å². The van der Waals surface area contributed by atoms with Crippen LogP contribution in [0.15, 0.2) is 24.3 Å². The zero-order chi connectivity index (χ0) is 10.8. The number of rotatable bonds is 2. The van der Waals surface area contributed by atoms with Gasteiger partial charge in [0.2, 0.25) is 0 Å². The molecule has 2 heteroatoms. The molecule has 0 saturated heterocycles. The van der Waals surface area contributed by atoms with Gasteiger partial charge >= 0.3 is 0 Å². The Kier molecular flexibility index (Phi) is 2.96. The van der Waals surface area contributed by atoms with E-state index in [0.29, 0.717) is 6.04 Å². The van der Waals surface area contributed by atoms with Crippen LogP contribution in [-0.2, 0) is 6.42 Å². The topological polar surface area (TPSA) is 29.3 Å². The van der Waals surface area contributed by atoms with Crippen molar-refractivity contribution < 1.29 is 0 Å². The van der Waals surface area contributed by atoms with E-state index in [1.807, 2.05) is 0 Å². The van der Waals surface area contributed by atoms with Crippen molar-refractivity contribution in [3.63, 3.8) is 0 Å². The summed E-state index contributed by atoms with van der Waals surface area (Å²) in [6.07, 6.45) is 2.44. The van der Waals surface area contributed by atoms with E-state index in [1.165, 1.54) is 24.1 Å². The van der Waals surface area contributed by atoms with Gasteiger partial charge in [-0.3, -0.25) is 0 Å². The summed E-state index contributed by atoms with van der Waals surface area (Å²) in [7, 11) is 0. The molecule has 0 fully saturated rings. The van der Waals surface area contributed by atoms with Gasteiger partial charge < -0.3 is 10.6 Å². The first kappa shape index (κ1) is 10.5. The number of para-hydroxylation sites is 1. The highest BCUT2D eigenvalue weighted by atomic mass is 15.2. The molecule has 2 rings (SSSR count). The normalized spacial score (nSPS) is 22.3. The van der Waals surface area contributed by atoms with Gasteiger partial charge in [0, 0.05) is 24.3 Å². The van der Waals surface area contributed by atoms with Crippen molar-refractivity contribution in [1.82, 2.24) is 0 Å². The SMILES string of the molecule is CC1CCc2ccccc2N1C[C@@H](C)N. The van der Waals surface area contributed by atoms with Gasteiger partial charge in [0.1, 0.15) is 0 Å². The van der Waals surface area contributed by atoms with Crippen LogP contribution in [0.1, 0.15) is 25.8 Å². The highest BCUT2D eigenvalue weighted by Crippen LogP contribution is 2.30. The molecule has 0 bridgehead atoms. The van der Waals surface area contributed by atoms with Crippen molar-refractivity contribution in [2.24, 2.45) is 5.73 Å². The van der Waals surface area contributed by atoms with Gasteiger partial charge in [-0.2, -0.15) is 0 Å². The predicted molar refractivity (Wildman–Crippen MR) is 65.2 cm³/mol.